The van der Waals surface area contributed by atoms with Crippen LogP contribution < -0.4 is 9.80 Å². The number of unbranched alkanes of at least 4 members (excludes halogenated alkanes) is 6. The Kier molecular flexibility index (Phi) is 18.3. The Balaban J connectivity index is 0.910. The van der Waals surface area contributed by atoms with Gasteiger partial charge in [-0.3, -0.25) is 0 Å². The van der Waals surface area contributed by atoms with Gasteiger partial charge in [-0.15, -0.1) is 0 Å². The molecule has 2 heterocycles. The molecule has 2 aliphatic heterocycles. The first-order valence-corrected chi connectivity index (χ1v) is 27.8. The van der Waals surface area contributed by atoms with Gasteiger partial charge < -0.3 is 28.7 Å². The third-order valence-electron chi connectivity index (χ3n) is 16.1. The minimum Gasteiger partial charge on any atom is -0.350 e. The summed E-state index contributed by atoms with van der Waals surface area (Å²) in [6, 6.07) is 36.0. The van der Waals surface area contributed by atoms with Crippen LogP contribution in [0.15, 0.2) is 121 Å². The molecule has 0 aromatic heterocycles. The van der Waals surface area contributed by atoms with Gasteiger partial charge >= 0.3 is 0 Å². The molecule has 0 bridgehead atoms. The van der Waals surface area contributed by atoms with Crippen LogP contribution in [0.3, 0.4) is 0 Å². The van der Waals surface area contributed by atoms with Crippen molar-refractivity contribution in [2.75, 3.05) is 36.2 Å². The van der Waals surface area contributed by atoms with Crippen molar-refractivity contribution in [3.8, 4) is 0 Å². The summed E-state index contributed by atoms with van der Waals surface area (Å²) in [5.74, 6) is -8.90. The maximum Gasteiger partial charge on any atom is 0.194 e. The summed E-state index contributed by atoms with van der Waals surface area (Å²) in [7, 11) is 0. The van der Waals surface area contributed by atoms with Gasteiger partial charge in [0.2, 0.25) is 0 Å². The first-order chi connectivity index (χ1) is 36.9. The summed E-state index contributed by atoms with van der Waals surface area (Å²) in [6.07, 6.45) is 18.4. The zero-order chi connectivity index (χ0) is 53.1. The lowest BCUT2D eigenvalue weighted by atomic mass is 9.65. The monoisotopic (exact) mass is 1050 g/mol. The summed E-state index contributed by atoms with van der Waals surface area (Å²) < 4.78 is 112. The summed E-state index contributed by atoms with van der Waals surface area (Å²) in [4.78, 5) is 3.48. The molecule has 2 unspecified atom stereocenters. The van der Waals surface area contributed by atoms with Crippen LogP contribution in [0.4, 0.5) is 60.5 Å². The second kappa shape index (κ2) is 25.2. The number of aryl methyl sites for hydroxylation is 2. The molecule has 0 N–H and O–H groups in total. The van der Waals surface area contributed by atoms with Gasteiger partial charge in [0.25, 0.3) is 0 Å². The average molecular weight is 1050 g/mol. The summed E-state index contributed by atoms with van der Waals surface area (Å²) >= 11 is 0. The summed E-state index contributed by atoms with van der Waals surface area (Å²) in [6.45, 7) is 7.09. The van der Waals surface area contributed by atoms with E-state index in [4.69, 9.17) is 18.9 Å². The van der Waals surface area contributed by atoms with Crippen molar-refractivity contribution in [1.29, 1.82) is 0 Å². The first-order valence-electron chi connectivity index (χ1n) is 27.8. The van der Waals surface area contributed by atoms with E-state index < -0.39 is 34.9 Å². The molecule has 1 saturated carbocycles. The molecule has 2 atom stereocenters. The first kappa shape index (κ1) is 55.1. The van der Waals surface area contributed by atoms with E-state index in [0.29, 0.717) is 36.0 Å². The van der Waals surface area contributed by atoms with Gasteiger partial charge in [0.15, 0.2) is 46.5 Å². The van der Waals surface area contributed by atoms with E-state index in [9.17, 15) is 26.3 Å². The SMILES string of the molecule is CCC1(OCCCCCCc2ccc(N(c3ccc(C4(c5ccc(N(c6ccc(CCCCCCOC7(CC)CCO7)cc6)c6cc(F)c(F)c(F)c6)cc5)CCCCC4)cc3)c3cc(F)c(F)c(F)c3)cc2)CCO1. The lowest BCUT2D eigenvalue weighted by molar-refractivity contribution is -0.309. The van der Waals surface area contributed by atoms with E-state index >= 15 is 0 Å². The molecule has 3 aliphatic rings. The van der Waals surface area contributed by atoms with E-state index in [1.165, 1.54) is 0 Å². The molecule has 6 nitrogen and oxygen atoms in total. The van der Waals surface area contributed by atoms with Crippen LogP contribution >= 0.6 is 0 Å². The molecule has 6 aromatic carbocycles. The molecule has 0 amide bonds. The molecular formula is C64H72F6N2O4. The van der Waals surface area contributed by atoms with E-state index in [2.05, 4.69) is 38.1 Å². The molecule has 2 saturated heterocycles. The van der Waals surface area contributed by atoms with Crippen LogP contribution in [-0.2, 0) is 37.2 Å². The third-order valence-corrected chi connectivity index (χ3v) is 16.1. The highest BCUT2D eigenvalue weighted by Gasteiger charge is 2.39. The van der Waals surface area contributed by atoms with Gasteiger partial charge in [-0.05, 0) is 135 Å². The van der Waals surface area contributed by atoms with Crippen molar-refractivity contribution in [3.05, 3.63) is 178 Å². The second-order valence-electron chi connectivity index (χ2n) is 20.9. The quantitative estimate of drug-likeness (QED) is 0.0306. The summed E-state index contributed by atoms with van der Waals surface area (Å²) in [5.41, 5.74) is 6.96. The molecule has 0 radical (unpaired) electrons. The van der Waals surface area contributed by atoms with E-state index in [1.54, 1.807) is 9.80 Å². The second-order valence-corrected chi connectivity index (χ2v) is 20.9. The molecular weight excluding hydrogens is 975 g/mol. The fourth-order valence-corrected chi connectivity index (χ4v) is 11.4. The number of hydrogen-bond donors (Lipinski definition) is 0. The van der Waals surface area contributed by atoms with Crippen molar-refractivity contribution < 1.29 is 45.3 Å². The predicted octanol–water partition coefficient (Wildman–Crippen LogP) is 18.0. The highest BCUT2D eigenvalue weighted by atomic mass is 19.2. The number of halogens is 6. The lowest BCUT2D eigenvalue weighted by Crippen LogP contribution is -2.45. The maximum atomic E-state index is 14.9. The molecule has 404 valence electrons. The fourth-order valence-electron chi connectivity index (χ4n) is 11.4. The van der Waals surface area contributed by atoms with Crippen molar-refractivity contribution in [1.82, 2.24) is 0 Å². The van der Waals surface area contributed by atoms with Gasteiger partial charge in [-0.25, -0.2) is 26.3 Å². The van der Waals surface area contributed by atoms with Crippen LogP contribution in [0, 0.1) is 34.9 Å². The number of nitrogens with zero attached hydrogens (tertiary/aromatic N) is 2. The van der Waals surface area contributed by atoms with Gasteiger partial charge in [0.1, 0.15) is 0 Å². The van der Waals surface area contributed by atoms with Crippen molar-refractivity contribution in [2.24, 2.45) is 0 Å². The molecule has 9 rings (SSSR count). The third kappa shape index (κ3) is 12.7. The lowest BCUT2D eigenvalue weighted by Gasteiger charge is -2.40. The Labute approximate surface area is 445 Å². The molecule has 76 heavy (non-hydrogen) atoms. The van der Waals surface area contributed by atoms with Gasteiger partial charge in [0, 0.05) is 65.3 Å². The predicted molar refractivity (Wildman–Crippen MR) is 289 cm³/mol. The minimum atomic E-state index is -1.52. The smallest absolute Gasteiger partial charge is 0.194 e. The number of hydrogen-bond acceptors (Lipinski definition) is 6. The molecule has 1 aliphatic carbocycles. The normalized spacial score (nSPS) is 19.0. The Morgan fingerprint density at radius 1 is 0.408 bits per heavy atom. The Morgan fingerprint density at radius 2 is 0.737 bits per heavy atom. The van der Waals surface area contributed by atoms with Crippen molar-refractivity contribution in [2.45, 2.75) is 153 Å². The van der Waals surface area contributed by atoms with Crippen molar-refractivity contribution in [3.63, 3.8) is 0 Å². The summed E-state index contributed by atoms with van der Waals surface area (Å²) in [5, 5.41) is 0. The van der Waals surface area contributed by atoms with Crippen LogP contribution in [0.2, 0.25) is 0 Å². The van der Waals surface area contributed by atoms with Gasteiger partial charge in [0.05, 0.1) is 37.8 Å². The van der Waals surface area contributed by atoms with Crippen molar-refractivity contribution >= 4 is 34.1 Å². The van der Waals surface area contributed by atoms with Crippen LogP contribution in [0.1, 0.15) is 145 Å². The van der Waals surface area contributed by atoms with Crippen LogP contribution in [-0.4, -0.2) is 38.0 Å². The maximum absolute atomic E-state index is 14.9. The fraction of sp³-hybridized carbons (Fsp3) is 0.438. The zero-order valence-corrected chi connectivity index (χ0v) is 44.1. The topological polar surface area (TPSA) is 43.4 Å². The van der Waals surface area contributed by atoms with E-state index in [-0.39, 0.29) is 28.4 Å². The minimum absolute atomic E-state index is 0.150. The molecule has 0 spiro atoms. The number of rotatable bonds is 26. The van der Waals surface area contributed by atoms with Crippen LogP contribution in [0.5, 0.6) is 0 Å². The zero-order valence-electron chi connectivity index (χ0n) is 44.1. The Hall–Kier alpha value is -5.66. The molecule has 6 aromatic rings. The number of benzene rings is 6. The Bertz CT molecular complexity index is 2570. The highest BCUT2D eigenvalue weighted by Crippen LogP contribution is 2.48. The Morgan fingerprint density at radius 3 is 1.05 bits per heavy atom. The number of anilines is 6. The standard InChI is InChI=1S/C64H72F6N2O4/c1-3-63(36-40-75-63)73-38-14-7-5-10-16-46-18-26-50(27-19-46)71(54-42-56(65)60(69)57(66)43-54)52-30-22-48(23-31-52)62(34-12-9-13-35-62)49-24-32-53(33-25-49)72(55-44-58(67)61(70)59(68)45-55)51-28-20-47(21-29-51)17-11-6-8-15-39-74-64(4-2)37-41-76-64/h18-33,42-45H,3-17,34-41H2,1-2H3. The largest absolute Gasteiger partial charge is 0.350 e. The molecule has 12 heteroatoms. The molecule has 3 fully saturated rings. The highest BCUT2D eigenvalue weighted by molar-refractivity contribution is 5.78. The van der Waals surface area contributed by atoms with Gasteiger partial charge in [-0.1, -0.05) is 107 Å². The van der Waals surface area contributed by atoms with E-state index in [1.807, 2.05) is 72.8 Å². The number of ether oxygens (including phenoxy) is 4. The average Bonchev–Trinajstić information content (AvgIpc) is 3.43. The van der Waals surface area contributed by atoms with Gasteiger partial charge in [-0.2, -0.15) is 0 Å². The van der Waals surface area contributed by atoms with E-state index in [0.717, 1.165) is 182 Å². The van der Waals surface area contributed by atoms with Crippen LogP contribution in [0.25, 0.3) is 0 Å².